The van der Waals surface area contributed by atoms with Crippen LogP contribution in [-0.4, -0.2) is 20.0 Å². The normalized spacial score (nSPS) is 13.1. The molecule has 1 unspecified atom stereocenters. The zero-order chi connectivity index (χ0) is 18.8. The molecule has 0 amide bonds. The van der Waals surface area contributed by atoms with Crippen LogP contribution in [0, 0.1) is 0 Å². The van der Waals surface area contributed by atoms with Gasteiger partial charge in [0.2, 0.25) is 0 Å². The van der Waals surface area contributed by atoms with Gasteiger partial charge in [-0.3, -0.25) is 0 Å². The van der Waals surface area contributed by atoms with Gasteiger partial charge in [-0.05, 0) is 19.5 Å². The second-order valence-electron chi connectivity index (χ2n) is 7.80. The number of alkyl halides is 2. The van der Waals surface area contributed by atoms with Crippen molar-refractivity contribution in [3.8, 4) is 0 Å². The summed E-state index contributed by atoms with van der Waals surface area (Å²) in [6.07, 6.45) is 22.0. The van der Waals surface area contributed by atoms with Crippen molar-refractivity contribution >= 4 is 32.2 Å². The van der Waals surface area contributed by atoms with Gasteiger partial charge in [0, 0.05) is 0 Å². The van der Waals surface area contributed by atoms with Gasteiger partial charge in [-0.25, -0.2) is 0 Å². The summed E-state index contributed by atoms with van der Waals surface area (Å²) in [5.41, 5.74) is 0. The van der Waals surface area contributed by atoms with Crippen LogP contribution in [0.2, 0.25) is 13.1 Å². The zero-order valence-corrected chi connectivity index (χ0v) is 19.9. The Morgan fingerprint density at radius 3 is 1.32 bits per heavy atom. The monoisotopic (exact) mass is 410 g/mol. The van der Waals surface area contributed by atoms with E-state index in [9.17, 15) is 0 Å². The van der Waals surface area contributed by atoms with Crippen LogP contribution in [0.15, 0.2) is 0 Å². The van der Waals surface area contributed by atoms with Crippen LogP contribution < -0.4 is 0 Å². The van der Waals surface area contributed by atoms with Gasteiger partial charge in [-0.1, -0.05) is 103 Å². The lowest BCUT2D eigenvalue weighted by molar-refractivity contribution is 0.203. The van der Waals surface area contributed by atoms with Crippen molar-refractivity contribution in [3.63, 3.8) is 0 Å². The van der Waals surface area contributed by atoms with Crippen molar-refractivity contribution in [1.82, 2.24) is 0 Å². The molecule has 0 aliphatic heterocycles. The van der Waals surface area contributed by atoms with E-state index in [4.69, 9.17) is 27.6 Å². The fraction of sp³-hybridized carbons (Fsp3) is 1.00. The molecule has 0 aliphatic carbocycles. The molecule has 0 heterocycles. The summed E-state index contributed by atoms with van der Waals surface area (Å²) in [5, 5.41) is 0. The first kappa shape index (κ1) is 25.8. The first-order valence-corrected chi connectivity index (χ1v) is 14.7. The summed E-state index contributed by atoms with van der Waals surface area (Å²) >= 11 is 12.0. The van der Waals surface area contributed by atoms with Crippen molar-refractivity contribution in [2.45, 2.75) is 134 Å². The van der Waals surface area contributed by atoms with Crippen LogP contribution in [-0.2, 0) is 4.43 Å². The second kappa shape index (κ2) is 19.5. The molecule has 0 bridgehead atoms. The third-order valence-corrected chi connectivity index (χ3v) is 6.28. The molecular weight excluding hydrogens is 367 g/mol. The van der Waals surface area contributed by atoms with E-state index in [0.717, 1.165) is 6.42 Å². The minimum absolute atomic E-state index is 0.0528. The minimum Gasteiger partial charge on any atom is -0.415 e. The Morgan fingerprint density at radius 1 is 0.640 bits per heavy atom. The molecule has 0 N–H and O–H groups in total. The Morgan fingerprint density at radius 2 is 1.00 bits per heavy atom. The van der Waals surface area contributed by atoms with E-state index >= 15 is 0 Å². The topological polar surface area (TPSA) is 9.23 Å². The number of halogens is 2. The predicted octanol–water partition coefficient (Wildman–Crippen LogP) is 8.42. The van der Waals surface area contributed by atoms with Crippen LogP contribution in [0.4, 0.5) is 0 Å². The summed E-state index contributed by atoms with van der Waals surface area (Å²) in [6.45, 7) is 6.64. The molecule has 152 valence electrons. The number of hydrogen-bond donors (Lipinski definition) is 0. The van der Waals surface area contributed by atoms with E-state index < -0.39 is 9.04 Å². The van der Waals surface area contributed by atoms with Crippen molar-refractivity contribution in [3.05, 3.63) is 0 Å². The lowest BCUT2D eigenvalue weighted by atomic mass is 10.0. The van der Waals surface area contributed by atoms with Crippen molar-refractivity contribution in [1.29, 1.82) is 0 Å². The molecule has 25 heavy (non-hydrogen) atoms. The third kappa shape index (κ3) is 19.3. The fourth-order valence-electron chi connectivity index (χ4n) is 3.32. The van der Waals surface area contributed by atoms with Crippen LogP contribution >= 0.6 is 23.2 Å². The van der Waals surface area contributed by atoms with Gasteiger partial charge in [-0.15, -0.1) is 23.2 Å². The lowest BCUT2D eigenvalue weighted by Crippen LogP contribution is -2.26. The van der Waals surface area contributed by atoms with Crippen LogP contribution in [0.5, 0.6) is 0 Å². The summed E-state index contributed by atoms with van der Waals surface area (Å²) < 4.78 is 5.91. The first-order chi connectivity index (χ1) is 12.1. The largest absolute Gasteiger partial charge is 0.415 e. The van der Waals surface area contributed by atoms with Crippen molar-refractivity contribution < 1.29 is 4.43 Å². The van der Waals surface area contributed by atoms with E-state index in [0.29, 0.717) is 0 Å². The Hall–Kier alpha value is 0.757. The fourth-order valence-corrected chi connectivity index (χ4v) is 4.88. The Balaban J connectivity index is 3.25. The maximum Gasteiger partial charge on any atom is 0.171 e. The Kier molecular flexibility index (Phi) is 20.1. The van der Waals surface area contributed by atoms with E-state index in [-0.39, 0.29) is 10.9 Å². The van der Waals surface area contributed by atoms with Gasteiger partial charge in [0.05, 0.1) is 6.10 Å². The maximum atomic E-state index is 6.02. The summed E-state index contributed by atoms with van der Waals surface area (Å²) in [5.74, 6) is 0. The quantitative estimate of drug-likeness (QED) is 0.118. The predicted molar refractivity (Wildman–Crippen MR) is 119 cm³/mol. The second-order valence-corrected chi connectivity index (χ2v) is 11.3. The van der Waals surface area contributed by atoms with Crippen LogP contribution in [0.25, 0.3) is 0 Å². The molecule has 0 radical (unpaired) electrons. The van der Waals surface area contributed by atoms with E-state index in [1.165, 1.54) is 96.3 Å². The van der Waals surface area contributed by atoms with Crippen molar-refractivity contribution in [2.75, 3.05) is 0 Å². The minimum atomic E-state index is -1.05. The smallest absolute Gasteiger partial charge is 0.171 e. The van der Waals surface area contributed by atoms with E-state index in [2.05, 4.69) is 20.0 Å². The summed E-state index contributed by atoms with van der Waals surface area (Å²) in [4.78, 5) is -0.374. The van der Waals surface area contributed by atoms with Gasteiger partial charge in [0.15, 0.2) is 9.04 Å². The molecule has 0 saturated carbocycles. The highest BCUT2D eigenvalue weighted by atomic mass is 35.5. The Labute approximate surface area is 170 Å². The molecule has 0 rings (SSSR count). The van der Waals surface area contributed by atoms with Crippen LogP contribution in [0.3, 0.4) is 0 Å². The average molecular weight is 412 g/mol. The molecule has 0 aromatic carbocycles. The average Bonchev–Trinajstić information content (AvgIpc) is 2.56. The molecule has 0 aliphatic rings. The van der Waals surface area contributed by atoms with E-state index in [1.54, 1.807) is 0 Å². The molecule has 1 atom stereocenters. The SMILES string of the molecule is CCCCCCCCCCCCCCCCCC(O[SiH](C)C)C(Cl)Cl. The van der Waals surface area contributed by atoms with Gasteiger partial charge < -0.3 is 4.43 Å². The molecule has 0 fully saturated rings. The highest BCUT2D eigenvalue weighted by molar-refractivity contribution is 6.49. The highest BCUT2D eigenvalue weighted by Gasteiger charge is 2.18. The number of unbranched alkanes of at least 4 members (excludes halogenated alkanes) is 14. The molecule has 0 aromatic heterocycles. The van der Waals surface area contributed by atoms with Crippen LogP contribution in [0.1, 0.15) is 110 Å². The van der Waals surface area contributed by atoms with E-state index in [1.807, 2.05) is 0 Å². The standard InChI is InChI=1S/C21H44Cl2OSi/c1-4-5-6-7-8-9-10-11-12-13-14-15-16-17-18-19-20(21(22)23)24-25(2)3/h20-21,25H,4-19H2,1-3H3. The molecule has 0 saturated heterocycles. The number of rotatable bonds is 19. The molecule has 0 spiro atoms. The maximum absolute atomic E-state index is 6.02. The Bertz CT molecular complexity index is 262. The molecule has 4 heteroatoms. The molecule has 1 nitrogen and oxygen atoms in total. The molecular formula is C21H44Cl2OSi. The lowest BCUT2D eigenvalue weighted by Gasteiger charge is -2.21. The summed E-state index contributed by atoms with van der Waals surface area (Å²) in [7, 11) is -1.05. The van der Waals surface area contributed by atoms with Gasteiger partial charge in [0.25, 0.3) is 0 Å². The highest BCUT2D eigenvalue weighted by Crippen LogP contribution is 2.20. The first-order valence-electron chi connectivity index (χ1n) is 11.0. The van der Waals surface area contributed by atoms with Gasteiger partial charge >= 0.3 is 0 Å². The summed E-state index contributed by atoms with van der Waals surface area (Å²) in [6, 6.07) is 0. The van der Waals surface area contributed by atoms with Gasteiger partial charge in [-0.2, -0.15) is 0 Å². The van der Waals surface area contributed by atoms with Gasteiger partial charge in [0.1, 0.15) is 4.84 Å². The third-order valence-electron chi connectivity index (χ3n) is 4.82. The molecule has 0 aromatic rings. The van der Waals surface area contributed by atoms with Crippen molar-refractivity contribution in [2.24, 2.45) is 0 Å². The number of hydrogen-bond acceptors (Lipinski definition) is 1. The zero-order valence-electron chi connectivity index (χ0n) is 17.2.